The number of likely N-dealkylation sites (N-methyl/N-ethyl adjacent to an activating group) is 1. The summed E-state index contributed by atoms with van der Waals surface area (Å²) in [6.45, 7) is 2.19. The standard InChI is InChI=1S/C22H26F2N2O/c1-25(22(27)13-12-17-7-2-4-10-20(17)23)19-9-6-14-26(16-19)15-18-8-3-5-11-21(18)24/h2-5,7-8,10-11,19H,6,9,12-16H2,1H3/t19-/m0/s1. The van der Waals surface area contributed by atoms with E-state index in [2.05, 4.69) is 4.90 Å². The van der Waals surface area contributed by atoms with Crippen LogP contribution >= 0.6 is 0 Å². The number of hydrogen-bond acceptors (Lipinski definition) is 2. The van der Waals surface area contributed by atoms with E-state index in [4.69, 9.17) is 0 Å². The largest absolute Gasteiger partial charge is 0.341 e. The summed E-state index contributed by atoms with van der Waals surface area (Å²) in [5.41, 5.74) is 1.26. The topological polar surface area (TPSA) is 23.6 Å². The highest BCUT2D eigenvalue weighted by Crippen LogP contribution is 2.19. The summed E-state index contributed by atoms with van der Waals surface area (Å²) in [5, 5.41) is 0. The number of rotatable bonds is 6. The summed E-state index contributed by atoms with van der Waals surface area (Å²) in [6, 6.07) is 13.5. The first-order valence-corrected chi connectivity index (χ1v) is 9.49. The minimum Gasteiger partial charge on any atom is -0.341 e. The monoisotopic (exact) mass is 372 g/mol. The molecule has 0 bridgehead atoms. The minimum atomic E-state index is -0.262. The maximum absolute atomic E-state index is 13.9. The van der Waals surface area contributed by atoms with Crippen LogP contribution < -0.4 is 0 Å². The van der Waals surface area contributed by atoms with Crippen molar-refractivity contribution in [3.8, 4) is 0 Å². The molecule has 0 radical (unpaired) electrons. The van der Waals surface area contributed by atoms with E-state index in [0.29, 0.717) is 30.5 Å². The van der Waals surface area contributed by atoms with Gasteiger partial charge in [-0.2, -0.15) is 0 Å². The molecule has 5 heteroatoms. The molecule has 1 aliphatic rings. The zero-order valence-corrected chi connectivity index (χ0v) is 15.7. The Morgan fingerprint density at radius 3 is 2.37 bits per heavy atom. The molecule has 0 unspecified atom stereocenters. The van der Waals surface area contributed by atoms with Gasteiger partial charge in [-0.05, 0) is 43.5 Å². The SMILES string of the molecule is CN(C(=O)CCc1ccccc1F)[C@H]1CCCN(Cc2ccccc2F)C1. The van der Waals surface area contributed by atoms with Gasteiger partial charge in [0, 0.05) is 38.2 Å². The summed E-state index contributed by atoms with van der Waals surface area (Å²) in [6.07, 6.45) is 2.61. The summed E-state index contributed by atoms with van der Waals surface area (Å²) in [7, 11) is 1.82. The summed E-state index contributed by atoms with van der Waals surface area (Å²) in [5.74, 6) is -0.424. The summed E-state index contributed by atoms with van der Waals surface area (Å²) >= 11 is 0. The second-order valence-electron chi connectivity index (χ2n) is 7.22. The molecule has 0 aromatic heterocycles. The fourth-order valence-electron chi connectivity index (χ4n) is 3.68. The van der Waals surface area contributed by atoms with E-state index in [1.807, 2.05) is 19.2 Å². The van der Waals surface area contributed by atoms with Gasteiger partial charge in [-0.1, -0.05) is 36.4 Å². The van der Waals surface area contributed by atoms with Gasteiger partial charge in [-0.25, -0.2) is 8.78 Å². The average Bonchev–Trinajstić information content (AvgIpc) is 2.68. The second-order valence-corrected chi connectivity index (χ2v) is 7.22. The van der Waals surface area contributed by atoms with E-state index in [1.54, 1.807) is 29.2 Å². The fraction of sp³-hybridized carbons (Fsp3) is 0.409. The molecule has 1 atom stereocenters. The van der Waals surface area contributed by atoms with Crippen LogP contribution in [0.3, 0.4) is 0 Å². The van der Waals surface area contributed by atoms with Crippen LogP contribution in [-0.2, 0) is 17.8 Å². The normalized spacial score (nSPS) is 17.7. The molecule has 1 aliphatic heterocycles. The molecule has 3 rings (SSSR count). The van der Waals surface area contributed by atoms with E-state index in [9.17, 15) is 13.6 Å². The Morgan fingerprint density at radius 2 is 1.70 bits per heavy atom. The van der Waals surface area contributed by atoms with E-state index in [0.717, 1.165) is 25.9 Å². The molecule has 27 heavy (non-hydrogen) atoms. The van der Waals surface area contributed by atoms with Gasteiger partial charge in [0.2, 0.25) is 5.91 Å². The molecule has 144 valence electrons. The molecule has 0 N–H and O–H groups in total. The van der Waals surface area contributed by atoms with Crippen molar-refractivity contribution in [3.63, 3.8) is 0 Å². The van der Waals surface area contributed by atoms with Crippen LogP contribution in [0.2, 0.25) is 0 Å². The quantitative estimate of drug-likeness (QED) is 0.765. The van der Waals surface area contributed by atoms with Crippen molar-refractivity contribution in [2.75, 3.05) is 20.1 Å². The Balaban J connectivity index is 1.54. The first-order valence-electron chi connectivity index (χ1n) is 9.49. The predicted molar refractivity (Wildman–Crippen MR) is 102 cm³/mol. The van der Waals surface area contributed by atoms with Crippen LogP contribution in [0, 0.1) is 11.6 Å². The number of piperidine rings is 1. The van der Waals surface area contributed by atoms with E-state index >= 15 is 0 Å². The highest BCUT2D eigenvalue weighted by molar-refractivity contribution is 5.76. The van der Waals surface area contributed by atoms with Crippen molar-refractivity contribution >= 4 is 5.91 Å². The maximum atomic E-state index is 13.9. The number of carbonyl (C=O) groups excluding carboxylic acids is 1. The lowest BCUT2D eigenvalue weighted by molar-refractivity contribution is -0.133. The Kier molecular flexibility index (Phi) is 6.56. The van der Waals surface area contributed by atoms with Crippen molar-refractivity contribution in [1.29, 1.82) is 0 Å². The van der Waals surface area contributed by atoms with Gasteiger partial charge >= 0.3 is 0 Å². The van der Waals surface area contributed by atoms with Gasteiger partial charge in [-0.15, -0.1) is 0 Å². The van der Waals surface area contributed by atoms with Gasteiger partial charge in [-0.3, -0.25) is 9.69 Å². The average molecular weight is 372 g/mol. The van der Waals surface area contributed by atoms with Gasteiger partial charge in [0.1, 0.15) is 11.6 Å². The third-order valence-electron chi connectivity index (χ3n) is 5.34. The maximum Gasteiger partial charge on any atom is 0.222 e. The Labute approximate surface area is 159 Å². The van der Waals surface area contributed by atoms with E-state index < -0.39 is 0 Å². The second kappa shape index (κ2) is 9.09. The predicted octanol–water partition coefficient (Wildman–Crippen LogP) is 4.02. The first kappa shape index (κ1) is 19.5. The molecule has 2 aromatic rings. The summed E-state index contributed by atoms with van der Waals surface area (Å²) in [4.78, 5) is 16.6. The number of amides is 1. The highest BCUT2D eigenvalue weighted by atomic mass is 19.1. The molecule has 2 aromatic carbocycles. The number of carbonyl (C=O) groups is 1. The van der Waals surface area contributed by atoms with Crippen molar-refractivity contribution in [3.05, 3.63) is 71.3 Å². The minimum absolute atomic E-state index is 0.0241. The first-order chi connectivity index (χ1) is 13.0. The lowest BCUT2D eigenvalue weighted by Crippen LogP contribution is -2.48. The van der Waals surface area contributed by atoms with Crippen LogP contribution in [0.5, 0.6) is 0 Å². The molecule has 1 saturated heterocycles. The molecule has 0 spiro atoms. The Bertz CT molecular complexity index is 780. The van der Waals surface area contributed by atoms with Crippen molar-refractivity contribution < 1.29 is 13.6 Å². The van der Waals surface area contributed by atoms with Crippen LogP contribution in [0.4, 0.5) is 8.78 Å². The lowest BCUT2D eigenvalue weighted by Gasteiger charge is -2.37. The van der Waals surface area contributed by atoms with Crippen LogP contribution in [0.1, 0.15) is 30.4 Å². The van der Waals surface area contributed by atoms with Gasteiger partial charge in [0.25, 0.3) is 0 Å². The van der Waals surface area contributed by atoms with E-state index in [1.165, 1.54) is 12.1 Å². The van der Waals surface area contributed by atoms with Crippen molar-refractivity contribution in [2.24, 2.45) is 0 Å². The van der Waals surface area contributed by atoms with Gasteiger partial charge in [0.05, 0.1) is 0 Å². The molecule has 1 amide bonds. The number of benzene rings is 2. The molecule has 1 heterocycles. The van der Waals surface area contributed by atoms with Crippen LogP contribution in [0.25, 0.3) is 0 Å². The Hall–Kier alpha value is -2.27. The molecule has 0 saturated carbocycles. The molecular formula is C22H26F2N2O. The zero-order chi connectivity index (χ0) is 19.2. The molecule has 3 nitrogen and oxygen atoms in total. The zero-order valence-electron chi connectivity index (χ0n) is 15.7. The molecule has 0 aliphatic carbocycles. The molecule has 1 fully saturated rings. The van der Waals surface area contributed by atoms with Crippen LogP contribution in [-0.4, -0.2) is 41.9 Å². The number of halogens is 2. The third-order valence-corrected chi connectivity index (χ3v) is 5.34. The molecular weight excluding hydrogens is 346 g/mol. The number of hydrogen-bond donors (Lipinski definition) is 0. The highest BCUT2D eigenvalue weighted by Gasteiger charge is 2.26. The van der Waals surface area contributed by atoms with Gasteiger partial charge < -0.3 is 4.90 Å². The third kappa shape index (κ3) is 5.13. The lowest BCUT2D eigenvalue weighted by atomic mass is 10.0. The summed E-state index contributed by atoms with van der Waals surface area (Å²) < 4.78 is 27.6. The van der Waals surface area contributed by atoms with Crippen molar-refractivity contribution in [2.45, 2.75) is 38.3 Å². The number of likely N-dealkylation sites (tertiary alicyclic amines) is 1. The van der Waals surface area contributed by atoms with E-state index in [-0.39, 0.29) is 23.6 Å². The smallest absolute Gasteiger partial charge is 0.222 e. The van der Waals surface area contributed by atoms with Crippen LogP contribution in [0.15, 0.2) is 48.5 Å². The number of nitrogens with zero attached hydrogens (tertiary/aromatic N) is 2. The Morgan fingerprint density at radius 1 is 1.07 bits per heavy atom. The van der Waals surface area contributed by atoms with Gasteiger partial charge in [0.15, 0.2) is 0 Å². The fourth-order valence-corrected chi connectivity index (χ4v) is 3.68. The van der Waals surface area contributed by atoms with Crippen molar-refractivity contribution in [1.82, 2.24) is 9.80 Å². The number of aryl methyl sites for hydroxylation is 1.